The fraction of sp³-hybridized carbons (Fsp3) is 0.562. The molecule has 0 aliphatic heterocycles. The number of hydrogen-bond donors (Lipinski definition) is 2. The summed E-state index contributed by atoms with van der Waals surface area (Å²) in [6.07, 6.45) is 10.6. The van der Waals surface area contributed by atoms with Crippen LogP contribution in [0.2, 0.25) is 0 Å². The van der Waals surface area contributed by atoms with Crippen LogP contribution in [0.1, 0.15) is 44.1 Å². The number of nitrogens with zero attached hydrogens (tertiary/aromatic N) is 5. The van der Waals surface area contributed by atoms with Gasteiger partial charge in [0.1, 0.15) is 6.33 Å². The number of carbonyl (C=O) groups excluding carboxylic acids is 1. The summed E-state index contributed by atoms with van der Waals surface area (Å²) >= 11 is 0. The predicted octanol–water partition coefficient (Wildman–Crippen LogP) is 1.54. The molecule has 1 amide bonds. The summed E-state index contributed by atoms with van der Waals surface area (Å²) in [4.78, 5) is 16.6. The smallest absolute Gasteiger partial charge is 0.225 e. The maximum absolute atomic E-state index is 12.6. The zero-order valence-corrected chi connectivity index (χ0v) is 13.6. The molecule has 2 heterocycles. The molecule has 0 saturated heterocycles. The average Bonchev–Trinajstić information content (AvgIpc) is 3.08. The van der Waals surface area contributed by atoms with Crippen molar-refractivity contribution in [2.45, 2.75) is 51.7 Å². The van der Waals surface area contributed by atoms with E-state index in [1.165, 1.54) is 6.42 Å². The number of aliphatic hydroxyl groups is 1. The Bertz CT molecular complexity index is 667. The van der Waals surface area contributed by atoms with E-state index in [9.17, 15) is 9.90 Å². The molecule has 0 aromatic carbocycles. The van der Waals surface area contributed by atoms with Crippen molar-refractivity contribution in [3.8, 4) is 0 Å². The van der Waals surface area contributed by atoms with Crippen LogP contribution in [0.5, 0.6) is 0 Å². The van der Waals surface area contributed by atoms with Crippen molar-refractivity contribution in [2.24, 2.45) is 5.41 Å². The summed E-state index contributed by atoms with van der Waals surface area (Å²) in [6.45, 7) is 0.515. The number of aliphatic hydroxyl groups excluding tert-OH is 1. The van der Waals surface area contributed by atoms with E-state index < -0.39 is 0 Å². The molecule has 1 aliphatic carbocycles. The quantitative estimate of drug-likeness (QED) is 0.832. The molecule has 3 rings (SSSR count). The Hall–Kier alpha value is -2.35. The number of carbonyl (C=O) groups is 1. The van der Waals surface area contributed by atoms with Gasteiger partial charge in [0, 0.05) is 18.2 Å². The normalized spacial score (nSPS) is 16.7. The van der Waals surface area contributed by atoms with Gasteiger partial charge in [0.15, 0.2) is 0 Å². The number of nitrogens with one attached hydrogen (secondary N) is 1. The highest BCUT2D eigenvalue weighted by Crippen LogP contribution is 2.40. The third-order valence-corrected chi connectivity index (χ3v) is 4.69. The summed E-state index contributed by atoms with van der Waals surface area (Å²) in [7, 11) is 0. The first-order valence-corrected chi connectivity index (χ1v) is 8.25. The molecule has 0 radical (unpaired) electrons. The van der Waals surface area contributed by atoms with Gasteiger partial charge < -0.3 is 10.4 Å². The summed E-state index contributed by atoms with van der Waals surface area (Å²) in [6, 6.07) is 1.70. The molecule has 1 aliphatic rings. The van der Waals surface area contributed by atoms with Gasteiger partial charge >= 0.3 is 0 Å². The maximum Gasteiger partial charge on any atom is 0.225 e. The van der Waals surface area contributed by atoms with Crippen LogP contribution in [0, 0.1) is 5.41 Å². The van der Waals surface area contributed by atoms with E-state index in [4.69, 9.17) is 0 Å². The first kappa shape index (κ1) is 16.5. The number of amides is 1. The minimum Gasteiger partial charge on any atom is -0.392 e. The molecule has 0 bridgehead atoms. The van der Waals surface area contributed by atoms with Crippen LogP contribution in [0.3, 0.4) is 0 Å². The molecule has 2 aromatic rings. The van der Waals surface area contributed by atoms with Gasteiger partial charge in [-0.15, -0.1) is 5.10 Å². The van der Waals surface area contributed by atoms with Gasteiger partial charge in [0.05, 0.1) is 25.0 Å². The lowest BCUT2D eigenvalue weighted by Crippen LogP contribution is -2.34. The zero-order chi connectivity index (χ0) is 16.8. The Morgan fingerprint density at radius 2 is 2.17 bits per heavy atom. The van der Waals surface area contributed by atoms with E-state index in [-0.39, 0.29) is 17.9 Å². The molecular formula is C16H22N6O2. The Labute approximate surface area is 140 Å². The van der Waals surface area contributed by atoms with E-state index in [1.807, 2.05) is 0 Å². The van der Waals surface area contributed by atoms with Gasteiger partial charge in [-0.2, -0.15) is 0 Å². The van der Waals surface area contributed by atoms with E-state index in [1.54, 1.807) is 29.5 Å². The van der Waals surface area contributed by atoms with E-state index >= 15 is 0 Å². The minimum atomic E-state index is -0.131. The van der Waals surface area contributed by atoms with E-state index in [0.717, 1.165) is 25.7 Å². The van der Waals surface area contributed by atoms with E-state index in [2.05, 4.69) is 25.8 Å². The largest absolute Gasteiger partial charge is 0.392 e. The molecule has 128 valence electrons. The van der Waals surface area contributed by atoms with Crippen LogP contribution in [-0.4, -0.2) is 36.2 Å². The molecule has 0 atom stereocenters. The average molecular weight is 330 g/mol. The number of rotatable bonds is 6. The van der Waals surface area contributed by atoms with Gasteiger partial charge in [0.2, 0.25) is 5.91 Å². The molecule has 2 aromatic heterocycles. The maximum atomic E-state index is 12.6. The summed E-state index contributed by atoms with van der Waals surface area (Å²) in [5.74, 6) is -0.0623. The number of tetrazole rings is 1. The van der Waals surface area contributed by atoms with Crippen molar-refractivity contribution in [1.82, 2.24) is 25.2 Å². The van der Waals surface area contributed by atoms with Gasteiger partial charge in [-0.3, -0.25) is 9.78 Å². The Balaban J connectivity index is 1.71. The fourth-order valence-corrected chi connectivity index (χ4v) is 3.50. The second kappa shape index (κ2) is 7.48. The molecule has 0 spiro atoms. The second-order valence-electron chi connectivity index (χ2n) is 6.48. The van der Waals surface area contributed by atoms with Crippen LogP contribution in [-0.2, 0) is 17.9 Å². The fourth-order valence-electron chi connectivity index (χ4n) is 3.50. The van der Waals surface area contributed by atoms with Crippen LogP contribution in [0.15, 0.2) is 24.8 Å². The summed E-state index contributed by atoms with van der Waals surface area (Å²) < 4.78 is 1.71. The molecular weight excluding hydrogens is 308 g/mol. The minimum absolute atomic E-state index is 0.0623. The van der Waals surface area contributed by atoms with Crippen LogP contribution >= 0.6 is 0 Å². The van der Waals surface area contributed by atoms with Crippen molar-refractivity contribution >= 4 is 11.6 Å². The zero-order valence-electron chi connectivity index (χ0n) is 13.6. The van der Waals surface area contributed by atoms with Crippen molar-refractivity contribution in [3.63, 3.8) is 0 Å². The van der Waals surface area contributed by atoms with Gasteiger partial charge in [-0.25, -0.2) is 4.68 Å². The van der Waals surface area contributed by atoms with Crippen LogP contribution in [0.4, 0.5) is 5.69 Å². The first-order chi connectivity index (χ1) is 11.7. The molecule has 8 nitrogen and oxygen atoms in total. The molecule has 2 N–H and O–H groups in total. The monoisotopic (exact) mass is 330 g/mol. The number of pyridine rings is 1. The van der Waals surface area contributed by atoms with Crippen molar-refractivity contribution in [2.75, 3.05) is 5.32 Å². The van der Waals surface area contributed by atoms with E-state index in [0.29, 0.717) is 24.2 Å². The highest BCUT2D eigenvalue weighted by atomic mass is 16.3. The van der Waals surface area contributed by atoms with Gasteiger partial charge in [-0.05, 0) is 34.7 Å². The Morgan fingerprint density at radius 3 is 2.88 bits per heavy atom. The second-order valence-corrected chi connectivity index (χ2v) is 6.48. The topological polar surface area (TPSA) is 106 Å². The van der Waals surface area contributed by atoms with Crippen molar-refractivity contribution < 1.29 is 9.90 Å². The number of hydrogen-bond acceptors (Lipinski definition) is 6. The lowest BCUT2D eigenvalue weighted by atomic mass is 9.71. The third kappa shape index (κ3) is 3.94. The van der Waals surface area contributed by atoms with Crippen molar-refractivity contribution in [3.05, 3.63) is 30.4 Å². The molecule has 24 heavy (non-hydrogen) atoms. The van der Waals surface area contributed by atoms with Crippen molar-refractivity contribution in [1.29, 1.82) is 0 Å². The van der Waals surface area contributed by atoms with Gasteiger partial charge in [-0.1, -0.05) is 19.3 Å². The lowest BCUT2D eigenvalue weighted by Gasteiger charge is -2.36. The Kier molecular flexibility index (Phi) is 5.14. The lowest BCUT2D eigenvalue weighted by molar-refractivity contribution is -0.119. The van der Waals surface area contributed by atoms with Gasteiger partial charge in [0.25, 0.3) is 0 Å². The highest BCUT2D eigenvalue weighted by Gasteiger charge is 2.35. The molecule has 0 unspecified atom stereocenters. The first-order valence-electron chi connectivity index (χ1n) is 8.25. The SMILES string of the molecule is O=C(CC1(Cn2cnnn2)CCCCC1)Nc1cnccc1CO. The molecule has 8 heteroatoms. The number of anilines is 1. The highest BCUT2D eigenvalue weighted by molar-refractivity contribution is 5.91. The third-order valence-electron chi connectivity index (χ3n) is 4.69. The molecule has 1 fully saturated rings. The van der Waals surface area contributed by atoms with Crippen LogP contribution in [0.25, 0.3) is 0 Å². The number of aromatic nitrogens is 5. The Morgan fingerprint density at radius 1 is 1.33 bits per heavy atom. The predicted molar refractivity (Wildman–Crippen MR) is 86.7 cm³/mol. The standard InChI is InChI=1S/C16H22N6O2/c23-10-13-4-7-17-9-14(13)19-15(24)8-16(5-2-1-3-6-16)11-22-12-18-20-21-22/h4,7,9,12,23H,1-3,5-6,8,10-11H2,(H,19,24). The molecule has 1 saturated carbocycles. The summed E-state index contributed by atoms with van der Waals surface area (Å²) in [5.41, 5.74) is 1.11. The van der Waals surface area contributed by atoms with Crippen LogP contribution < -0.4 is 5.32 Å². The summed E-state index contributed by atoms with van der Waals surface area (Å²) in [5, 5.41) is 23.6.